The Labute approximate surface area is 112 Å². The van der Waals surface area contributed by atoms with Gasteiger partial charge in [0.2, 0.25) is 5.91 Å². The van der Waals surface area contributed by atoms with Crippen molar-refractivity contribution in [2.75, 3.05) is 0 Å². The zero-order valence-corrected chi connectivity index (χ0v) is 11.1. The van der Waals surface area contributed by atoms with Crippen LogP contribution in [0.15, 0.2) is 18.2 Å². The van der Waals surface area contributed by atoms with Crippen LogP contribution in [0, 0.1) is 0 Å². The van der Waals surface area contributed by atoms with Gasteiger partial charge in [0.05, 0.1) is 6.42 Å². The molecule has 102 valence electrons. The summed E-state index contributed by atoms with van der Waals surface area (Å²) in [7, 11) is 0. The Balaban J connectivity index is 1.99. The average Bonchev–Trinajstić information content (AvgIpc) is 2.38. The Kier molecular flexibility index (Phi) is 4.20. The van der Waals surface area contributed by atoms with Crippen LogP contribution in [0.25, 0.3) is 0 Å². The third kappa shape index (κ3) is 3.56. The van der Waals surface area contributed by atoms with E-state index in [1.54, 1.807) is 0 Å². The molecule has 1 aliphatic carbocycles. The summed E-state index contributed by atoms with van der Waals surface area (Å²) >= 11 is 0. The van der Waals surface area contributed by atoms with E-state index in [2.05, 4.69) is 17.4 Å². The first-order chi connectivity index (χ1) is 9.06. The number of fused-ring (bicyclic) bond motifs is 1. The van der Waals surface area contributed by atoms with Gasteiger partial charge in [-0.25, -0.2) is 0 Å². The minimum Gasteiger partial charge on any atom is -0.480 e. The molecule has 0 heterocycles. The molecule has 1 aromatic rings. The lowest BCUT2D eigenvalue weighted by Gasteiger charge is -2.16. The van der Waals surface area contributed by atoms with E-state index in [9.17, 15) is 9.59 Å². The van der Waals surface area contributed by atoms with Crippen molar-refractivity contribution in [3.63, 3.8) is 0 Å². The molecule has 0 unspecified atom stereocenters. The maximum absolute atomic E-state index is 11.7. The molecule has 4 nitrogen and oxygen atoms in total. The molecule has 1 amide bonds. The number of benzene rings is 1. The lowest BCUT2D eigenvalue weighted by molar-refractivity contribution is -0.141. The van der Waals surface area contributed by atoms with Gasteiger partial charge < -0.3 is 10.4 Å². The largest absolute Gasteiger partial charge is 0.480 e. The molecule has 0 fully saturated rings. The lowest BCUT2D eigenvalue weighted by Crippen LogP contribution is -2.39. The molecule has 1 atom stereocenters. The van der Waals surface area contributed by atoms with Gasteiger partial charge in [-0.15, -0.1) is 0 Å². The molecule has 1 aliphatic rings. The number of carbonyl (C=O) groups is 2. The van der Waals surface area contributed by atoms with Crippen LogP contribution in [-0.4, -0.2) is 23.0 Å². The van der Waals surface area contributed by atoms with Gasteiger partial charge in [-0.3, -0.25) is 9.59 Å². The minimum absolute atomic E-state index is 0.241. The maximum atomic E-state index is 11.7. The van der Waals surface area contributed by atoms with Crippen LogP contribution >= 0.6 is 0 Å². The van der Waals surface area contributed by atoms with Gasteiger partial charge in [0.15, 0.2) is 0 Å². The monoisotopic (exact) mass is 261 g/mol. The highest BCUT2D eigenvalue weighted by Gasteiger charge is 2.15. The second kappa shape index (κ2) is 5.87. The summed E-state index contributed by atoms with van der Waals surface area (Å²) in [4.78, 5) is 22.4. The van der Waals surface area contributed by atoms with Gasteiger partial charge in [-0.2, -0.15) is 0 Å². The summed E-state index contributed by atoms with van der Waals surface area (Å²) in [6, 6.07) is 5.30. The first kappa shape index (κ1) is 13.6. The summed E-state index contributed by atoms with van der Waals surface area (Å²) in [5, 5.41) is 11.2. The first-order valence-corrected chi connectivity index (χ1v) is 6.69. The topological polar surface area (TPSA) is 66.4 Å². The predicted molar refractivity (Wildman–Crippen MR) is 72.0 cm³/mol. The molecule has 0 spiro atoms. The number of nitrogens with one attached hydrogen (secondary N) is 1. The zero-order valence-electron chi connectivity index (χ0n) is 11.1. The highest BCUT2D eigenvalue weighted by atomic mass is 16.4. The van der Waals surface area contributed by atoms with E-state index in [1.807, 2.05) is 6.07 Å². The molecule has 0 bridgehead atoms. The fourth-order valence-corrected chi connectivity index (χ4v) is 2.44. The molecular formula is C15H19NO3. The number of carboxylic acids is 1. The van der Waals surface area contributed by atoms with Gasteiger partial charge in [0.1, 0.15) is 6.04 Å². The third-order valence-electron chi connectivity index (χ3n) is 3.53. The van der Waals surface area contributed by atoms with E-state index in [-0.39, 0.29) is 12.3 Å². The number of aryl methyl sites for hydroxylation is 2. The van der Waals surface area contributed by atoms with E-state index < -0.39 is 12.0 Å². The minimum atomic E-state index is -1.02. The Bertz CT molecular complexity index is 496. The quantitative estimate of drug-likeness (QED) is 0.867. The number of carbonyl (C=O) groups excluding carboxylic acids is 1. The SMILES string of the molecule is C[C@H](NC(=O)Cc1ccc2c(c1)CCCC2)C(=O)O. The van der Waals surface area contributed by atoms with Crippen LogP contribution in [0.1, 0.15) is 36.5 Å². The van der Waals surface area contributed by atoms with Gasteiger partial charge >= 0.3 is 5.97 Å². The van der Waals surface area contributed by atoms with E-state index in [0.717, 1.165) is 18.4 Å². The standard InChI is InChI=1S/C15H19NO3/c1-10(15(18)19)16-14(17)9-11-6-7-12-4-2-3-5-13(12)8-11/h6-8,10H,2-5,9H2,1H3,(H,16,17)(H,18,19)/t10-/m0/s1. The van der Waals surface area contributed by atoms with Crippen molar-refractivity contribution in [1.82, 2.24) is 5.32 Å². The van der Waals surface area contributed by atoms with E-state index in [4.69, 9.17) is 5.11 Å². The van der Waals surface area contributed by atoms with Crippen molar-refractivity contribution in [2.24, 2.45) is 0 Å². The Morgan fingerprint density at radius 2 is 1.95 bits per heavy atom. The van der Waals surface area contributed by atoms with E-state index in [1.165, 1.54) is 30.9 Å². The lowest BCUT2D eigenvalue weighted by atomic mass is 9.90. The normalized spacial score (nSPS) is 15.4. The van der Waals surface area contributed by atoms with Crippen molar-refractivity contribution in [1.29, 1.82) is 0 Å². The highest BCUT2D eigenvalue weighted by molar-refractivity contribution is 5.84. The Hall–Kier alpha value is -1.84. The molecule has 2 rings (SSSR count). The van der Waals surface area contributed by atoms with Gasteiger partial charge in [0, 0.05) is 0 Å². The van der Waals surface area contributed by atoms with Crippen LogP contribution in [0.3, 0.4) is 0 Å². The average molecular weight is 261 g/mol. The van der Waals surface area contributed by atoms with Crippen LogP contribution in [0.5, 0.6) is 0 Å². The van der Waals surface area contributed by atoms with E-state index >= 15 is 0 Å². The second-order valence-electron chi connectivity index (χ2n) is 5.11. The van der Waals surface area contributed by atoms with Crippen LogP contribution in [0.2, 0.25) is 0 Å². The van der Waals surface area contributed by atoms with Crippen LogP contribution < -0.4 is 5.32 Å². The number of hydrogen-bond donors (Lipinski definition) is 2. The Morgan fingerprint density at radius 1 is 1.26 bits per heavy atom. The smallest absolute Gasteiger partial charge is 0.325 e. The molecule has 0 aliphatic heterocycles. The molecule has 0 saturated carbocycles. The van der Waals surface area contributed by atoms with E-state index in [0.29, 0.717) is 0 Å². The number of rotatable bonds is 4. The Morgan fingerprint density at radius 3 is 2.63 bits per heavy atom. The number of hydrogen-bond acceptors (Lipinski definition) is 2. The predicted octanol–water partition coefficient (Wildman–Crippen LogP) is 1.70. The van der Waals surface area contributed by atoms with Crippen LogP contribution in [0.4, 0.5) is 0 Å². The number of aliphatic carboxylic acids is 1. The highest BCUT2D eigenvalue weighted by Crippen LogP contribution is 2.22. The summed E-state index contributed by atoms with van der Waals surface area (Å²) < 4.78 is 0. The van der Waals surface area contributed by atoms with Crippen molar-refractivity contribution >= 4 is 11.9 Å². The van der Waals surface area contributed by atoms with Gasteiger partial charge in [-0.05, 0) is 49.3 Å². The summed E-state index contributed by atoms with van der Waals surface area (Å²) in [5.41, 5.74) is 3.67. The van der Waals surface area contributed by atoms with Gasteiger partial charge in [-0.1, -0.05) is 18.2 Å². The number of carboxylic acid groups (broad SMARTS) is 1. The third-order valence-corrected chi connectivity index (χ3v) is 3.53. The summed E-state index contributed by atoms with van der Waals surface area (Å²) in [5.74, 6) is -1.26. The van der Waals surface area contributed by atoms with Crippen molar-refractivity contribution in [2.45, 2.75) is 45.1 Å². The van der Waals surface area contributed by atoms with Gasteiger partial charge in [0.25, 0.3) is 0 Å². The zero-order chi connectivity index (χ0) is 13.8. The molecule has 19 heavy (non-hydrogen) atoms. The fraction of sp³-hybridized carbons (Fsp3) is 0.467. The molecule has 2 N–H and O–H groups in total. The molecule has 0 aromatic heterocycles. The molecule has 0 saturated heterocycles. The van der Waals surface area contributed by atoms with Crippen LogP contribution in [-0.2, 0) is 28.9 Å². The van der Waals surface area contributed by atoms with Crippen molar-refractivity contribution in [3.05, 3.63) is 34.9 Å². The second-order valence-corrected chi connectivity index (χ2v) is 5.11. The summed E-state index contributed by atoms with van der Waals surface area (Å²) in [6.45, 7) is 1.47. The van der Waals surface area contributed by atoms with Crippen molar-refractivity contribution < 1.29 is 14.7 Å². The number of amides is 1. The maximum Gasteiger partial charge on any atom is 0.325 e. The molecular weight excluding hydrogens is 242 g/mol. The summed E-state index contributed by atoms with van der Waals surface area (Å²) in [6.07, 6.45) is 4.89. The molecule has 0 radical (unpaired) electrons. The van der Waals surface area contributed by atoms with Crippen molar-refractivity contribution in [3.8, 4) is 0 Å². The first-order valence-electron chi connectivity index (χ1n) is 6.69. The fourth-order valence-electron chi connectivity index (χ4n) is 2.44. The molecule has 4 heteroatoms. The molecule has 1 aromatic carbocycles.